The number of nitrogens with zero attached hydrogens (tertiary/aromatic N) is 1. The molecule has 1 atom stereocenters. The first-order chi connectivity index (χ1) is 9.42. The highest BCUT2D eigenvalue weighted by Crippen LogP contribution is 2.31. The molecule has 0 radical (unpaired) electrons. The van der Waals surface area contributed by atoms with Gasteiger partial charge in [0, 0.05) is 17.5 Å². The molecular formula is C12H19BrN2O3S2. The lowest BCUT2D eigenvalue weighted by molar-refractivity contribution is 0.285. The van der Waals surface area contributed by atoms with Crippen molar-refractivity contribution in [1.29, 1.82) is 0 Å². The number of halogens is 1. The Kier molecular flexibility index (Phi) is 5.61. The molecule has 5 nitrogen and oxygen atoms in total. The van der Waals surface area contributed by atoms with E-state index in [2.05, 4.69) is 25.6 Å². The van der Waals surface area contributed by atoms with E-state index in [4.69, 9.17) is 5.11 Å². The summed E-state index contributed by atoms with van der Waals surface area (Å²) >= 11 is 4.49. The lowest BCUT2D eigenvalue weighted by atomic mass is 10.3. The fourth-order valence-corrected chi connectivity index (χ4v) is 6.15. The zero-order valence-corrected chi connectivity index (χ0v) is 14.5. The molecule has 0 spiro atoms. The Morgan fingerprint density at radius 3 is 2.70 bits per heavy atom. The molecule has 0 amide bonds. The molecule has 0 saturated carbocycles. The molecule has 1 fully saturated rings. The molecule has 114 valence electrons. The number of aliphatic hydroxyl groups is 1. The van der Waals surface area contributed by atoms with Gasteiger partial charge in [-0.1, -0.05) is 0 Å². The second-order valence-corrected chi connectivity index (χ2v) is 9.18. The highest BCUT2D eigenvalue weighted by atomic mass is 79.9. The van der Waals surface area contributed by atoms with Gasteiger partial charge in [0.1, 0.15) is 4.90 Å². The van der Waals surface area contributed by atoms with E-state index in [9.17, 15) is 8.42 Å². The average molecular weight is 383 g/mol. The van der Waals surface area contributed by atoms with Gasteiger partial charge < -0.3 is 10.0 Å². The van der Waals surface area contributed by atoms with Crippen molar-refractivity contribution in [2.24, 2.45) is 0 Å². The molecule has 1 aromatic rings. The Hall–Kier alpha value is 0.01000. The van der Waals surface area contributed by atoms with Crippen LogP contribution in [0, 0.1) is 0 Å². The predicted octanol–water partition coefficient (Wildman–Crippen LogP) is 1.77. The topological polar surface area (TPSA) is 69.6 Å². The van der Waals surface area contributed by atoms with Gasteiger partial charge >= 0.3 is 0 Å². The number of nitrogens with one attached hydrogen (secondary N) is 1. The minimum absolute atomic E-state index is 0.137. The van der Waals surface area contributed by atoms with Crippen LogP contribution < -0.4 is 4.72 Å². The van der Waals surface area contributed by atoms with Crippen molar-refractivity contribution in [2.45, 2.75) is 37.3 Å². The van der Waals surface area contributed by atoms with E-state index in [1.165, 1.54) is 30.2 Å². The molecule has 1 aromatic heterocycles. The molecule has 1 aliphatic rings. The highest BCUT2D eigenvalue weighted by Gasteiger charge is 2.24. The molecule has 1 saturated heterocycles. The molecule has 20 heavy (non-hydrogen) atoms. The number of likely N-dealkylation sites (tertiary alicyclic amines) is 1. The van der Waals surface area contributed by atoms with Gasteiger partial charge in [-0.3, -0.25) is 0 Å². The number of aliphatic hydroxyl groups excluding tert-OH is 1. The summed E-state index contributed by atoms with van der Waals surface area (Å²) in [6.07, 6.45) is 2.38. The standard InChI is InChI=1S/C12H19BrN2O3S2/c1-9(7-15-4-2-3-5-15)14-20(17,18)11-6-10(8-16)19-12(11)13/h6,9,14,16H,2-5,7-8H2,1H3. The summed E-state index contributed by atoms with van der Waals surface area (Å²) in [6.45, 7) is 4.55. The summed E-state index contributed by atoms with van der Waals surface area (Å²) in [4.78, 5) is 3.11. The largest absolute Gasteiger partial charge is 0.391 e. The number of rotatable bonds is 6. The monoisotopic (exact) mass is 382 g/mol. The maximum Gasteiger partial charge on any atom is 0.242 e. The Bertz CT molecular complexity index is 553. The van der Waals surface area contributed by atoms with Gasteiger partial charge in [-0.05, 0) is 54.9 Å². The van der Waals surface area contributed by atoms with Crippen LogP contribution in [-0.4, -0.2) is 44.1 Å². The summed E-state index contributed by atoms with van der Waals surface area (Å²) < 4.78 is 27.9. The molecular weight excluding hydrogens is 364 g/mol. The maximum atomic E-state index is 12.3. The number of sulfonamides is 1. The third-order valence-corrected chi connectivity index (χ3v) is 7.07. The minimum Gasteiger partial charge on any atom is -0.391 e. The van der Waals surface area contributed by atoms with Crippen molar-refractivity contribution in [2.75, 3.05) is 19.6 Å². The van der Waals surface area contributed by atoms with Gasteiger partial charge in [-0.25, -0.2) is 13.1 Å². The van der Waals surface area contributed by atoms with Crippen LogP contribution in [0.15, 0.2) is 14.7 Å². The molecule has 2 heterocycles. The van der Waals surface area contributed by atoms with Crippen LogP contribution in [0.5, 0.6) is 0 Å². The summed E-state index contributed by atoms with van der Waals surface area (Å²) in [5.41, 5.74) is 0. The van der Waals surface area contributed by atoms with Crippen molar-refractivity contribution < 1.29 is 13.5 Å². The van der Waals surface area contributed by atoms with Crippen LogP contribution in [-0.2, 0) is 16.6 Å². The van der Waals surface area contributed by atoms with Gasteiger partial charge in [0.2, 0.25) is 10.0 Å². The second-order valence-electron chi connectivity index (χ2n) is 5.04. The predicted molar refractivity (Wildman–Crippen MR) is 83.4 cm³/mol. The van der Waals surface area contributed by atoms with E-state index in [1.54, 1.807) is 0 Å². The minimum atomic E-state index is -3.55. The maximum absolute atomic E-state index is 12.3. The fourth-order valence-electron chi connectivity index (χ4n) is 2.38. The van der Waals surface area contributed by atoms with E-state index >= 15 is 0 Å². The quantitative estimate of drug-likeness (QED) is 0.786. The Morgan fingerprint density at radius 1 is 1.50 bits per heavy atom. The zero-order valence-electron chi connectivity index (χ0n) is 11.3. The summed E-state index contributed by atoms with van der Waals surface area (Å²) in [6, 6.07) is 1.38. The van der Waals surface area contributed by atoms with E-state index in [-0.39, 0.29) is 17.5 Å². The number of thiophene rings is 1. The van der Waals surface area contributed by atoms with Crippen molar-refractivity contribution >= 4 is 37.3 Å². The number of hydrogen-bond acceptors (Lipinski definition) is 5. The van der Waals surface area contributed by atoms with Crippen molar-refractivity contribution in [1.82, 2.24) is 9.62 Å². The Morgan fingerprint density at radius 2 is 2.15 bits per heavy atom. The molecule has 2 rings (SSSR count). The second kappa shape index (κ2) is 6.85. The smallest absolute Gasteiger partial charge is 0.242 e. The first-order valence-corrected chi connectivity index (χ1v) is 9.65. The molecule has 1 unspecified atom stereocenters. The molecule has 1 aliphatic heterocycles. The van der Waals surface area contributed by atoms with Gasteiger partial charge in [0.25, 0.3) is 0 Å². The van der Waals surface area contributed by atoms with Crippen LogP contribution in [0.3, 0.4) is 0 Å². The van der Waals surface area contributed by atoms with E-state index in [1.807, 2.05) is 6.92 Å². The molecule has 0 aromatic carbocycles. The van der Waals surface area contributed by atoms with Gasteiger partial charge in [0.05, 0.1) is 10.4 Å². The van der Waals surface area contributed by atoms with E-state index in [0.29, 0.717) is 8.66 Å². The summed E-state index contributed by atoms with van der Waals surface area (Å²) in [5.74, 6) is 0. The fraction of sp³-hybridized carbons (Fsp3) is 0.667. The lowest BCUT2D eigenvalue weighted by Gasteiger charge is -2.20. The SMILES string of the molecule is CC(CN1CCCC1)NS(=O)(=O)c1cc(CO)sc1Br. The first kappa shape index (κ1) is 16.4. The third-order valence-electron chi connectivity index (χ3n) is 3.24. The molecule has 0 aliphatic carbocycles. The van der Waals surface area contributed by atoms with Crippen molar-refractivity contribution in [3.05, 3.63) is 14.7 Å². The van der Waals surface area contributed by atoms with Crippen LogP contribution in [0.1, 0.15) is 24.6 Å². The van der Waals surface area contributed by atoms with Gasteiger partial charge in [0.15, 0.2) is 0 Å². The van der Waals surface area contributed by atoms with Crippen molar-refractivity contribution in [3.8, 4) is 0 Å². The zero-order chi connectivity index (χ0) is 14.8. The number of hydrogen-bond donors (Lipinski definition) is 2. The lowest BCUT2D eigenvalue weighted by Crippen LogP contribution is -2.40. The summed E-state index contributed by atoms with van der Waals surface area (Å²) in [7, 11) is -3.55. The average Bonchev–Trinajstić information content (AvgIpc) is 2.97. The van der Waals surface area contributed by atoms with E-state index < -0.39 is 10.0 Å². The van der Waals surface area contributed by atoms with Gasteiger partial charge in [-0.2, -0.15) is 0 Å². The normalized spacial score (nSPS) is 18.6. The molecule has 0 bridgehead atoms. The van der Waals surface area contributed by atoms with Crippen LogP contribution in [0.4, 0.5) is 0 Å². The first-order valence-electron chi connectivity index (χ1n) is 6.56. The molecule has 2 N–H and O–H groups in total. The van der Waals surface area contributed by atoms with Crippen LogP contribution >= 0.6 is 27.3 Å². The van der Waals surface area contributed by atoms with Gasteiger partial charge in [-0.15, -0.1) is 11.3 Å². The summed E-state index contributed by atoms with van der Waals surface area (Å²) in [5, 5.41) is 9.08. The van der Waals surface area contributed by atoms with Crippen LogP contribution in [0.25, 0.3) is 0 Å². The third kappa shape index (κ3) is 4.02. The Labute approximate surface area is 132 Å². The Balaban J connectivity index is 2.03. The van der Waals surface area contributed by atoms with E-state index in [0.717, 1.165) is 19.6 Å². The highest BCUT2D eigenvalue weighted by molar-refractivity contribution is 9.11. The molecule has 8 heteroatoms. The van der Waals surface area contributed by atoms with Crippen LogP contribution in [0.2, 0.25) is 0 Å². The van der Waals surface area contributed by atoms with Crippen molar-refractivity contribution in [3.63, 3.8) is 0 Å².